The van der Waals surface area contributed by atoms with Gasteiger partial charge in [-0.2, -0.15) is 5.10 Å². The Morgan fingerprint density at radius 3 is 2.48 bits per heavy atom. The molecule has 0 unspecified atom stereocenters. The molecule has 27 heavy (non-hydrogen) atoms. The number of sulfonamides is 1. The first-order valence-electron chi connectivity index (χ1n) is 8.15. The molecule has 0 fully saturated rings. The molecule has 0 spiro atoms. The van der Waals surface area contributed by atoms with E-state index in [-0.39, 0.29) is 10.6 Å². The van der Waals surface area contributed by atoms with Crippen LogP contribution in [0.2, 0.25) is 0 Å². The quantitative estimate of drug-likeness (QED) is 0.582. The molecule has 0 amide bonds. The lowest BCUT2D eigenvalue weighted by atomic mass is 10.3. The van der Waals surface area contributed by atoms with Crippen LogP contribution in [0, 0.1) is 0 Å². The standard InChI is InChI=1S/C18H17N5O3S/c1-21-16-8-7-15(12-17(16)22(2)18(21)24)27(25,26)20-13-5-3-6-14(11-13)23-10-4-9-19-23/h3-12,20H,1-2H3. The zero-order valence-corrected chi connectivity index (χ0v) is 15.5. The average Bonchev–Trinajstić information content (AvgIpc) is 3.26. The summed E-state index contributed by atoms with van der Waals surface area (Å²) in [6.07, 6.45) is 3.42. The van der Waals surface area contributed by atoms with Crippen LogP contribution in [0.1, 0.15) is 0 Å². The van der Waals surface area contributed by atoms with Crippen LogP contribution in [0.3, 0.4) is 0 Å². The summed E-state index contributed by atoms with van der Waals surface area (Å²) in [7, 11) is -0.551. The van der Waals surface area contributed by atoms with Crippen LogP contribution in [-0.2, 0) is 24.1 Å². The SMILES string of the molecule is Cn1c(=O)n(C)c2cc(S(=O)(=O)Nc3cccc(-n4cccn4)c3)ccc21. The van der Waals surface area contributed by atoms with Crippen molar-refractivity contribution in [1.29, 1.82) is 0 Å². The molecule has 0 radical (unpaired) electrons. The van der Waals surface area contributed by atoms with E-state index in [1.165, 1.54) is 21.3 Å². The van der Waals surface area contributed by atoms with E-state index in [1.807, 2.05) is 6.07 Å². The number of imidazole rings is 1. The van der Waals surface area contributed by atoms with Gasteiger partial charge >= 0.3 is 5.69 Å². The molecule has 4 aromatic rings. The Hall–Kier alpha value is -3.33. The second-order valence-corrected chi connectivity index (χ2v) is 7.84. The highest BCUT2D eigenvalue weighted by Crippen LogP contribution is 2.22. The molecule has 2 heterocycles. The van der Waals surface area contributed by atoms with Crippen LogP contribution in [-0.4, -0.2) is 27.3 Å². The zero-order chi connectivity index (χ0) is 19.2. The molecule has 2 aromatic heterocycles. The van der Waals surface area contributed by atoms with Crippen LogP contribution in [0.4, 0.5) is 5.69 Å². The van der Waals surface area contributed by atoms with E-state index in [0.717, 1.165) is 5.69 Å². The Bertz CT molecular complexity index is 1300. The van der Waals surface area contributed by atoms with E-state index in [4.69, 9.17) is 0 Å². The predicted molar refractivity (Wildman–Crippen MR) is 103 cm³/mol. The summed E-state index contributed by atoms with van der Waals surface area (Å²) in [4.78, 5) is 12.1. The summed E-state index contributed by atoms with van der Waals surface area (Å²) in [5.74, 6) is 0. The molecule has 2 aromatic carbocycles. The molecule has 4 rings (SSSR count). The molecule has 0 saturated heterocycles. The minimum Gasteiger partial charge on any atom is -0.295 e. The van der Waals surface area contributed by atoms with E-state index in [9.17, 15) is 13.2 Å². The van der Waals surface area contributed by atoms with Crippen molar-refractivity contribution < 1.29 is 8.42 Å². The maximum atomic E-state index is 12.8. The largest absolute Gasteiger partial charge is 0.328 e. The number of nitrogens with one attached hydrogen (secondary N) is 1. The van der Waals surface area contributed by atoms with E-state index < -0.39 is 10.0 Å². The average molecular weight is 383 g/mol. The molecule has 138 valence electrons. The number of benzene rings is 2. The third kappa shape index (κ3) is 2.91. The minimum absolute atomic E-state index is 0.0840. The van der Waals surface area contributed by atoms with Crippen molar-refractivity contribution in [3.63, 3.8) is 0 Å². The van der Waals surface area contributed by atoms with E-state index in [0.29, 0.717) is 16.7 Å². The summed E-state index contributed by atoms with van der Waals surface area (Å²) in [5, 5.41) is 4.14. The molecule has 0 aliphatic carbocycles. The fourth-order valence-electron chi connectivity index (χ4n) is 3.00. The molecule has 1 N–H and O–H groups in total. The molecule has 0 atom stereocenters. The summed E-state index contributed by atoms with van der Waals surface area (Å²) in [5.41, 5.74) is 2.17. The van der Waals surface area contributed by atoms with E-state index in [2.05, 4.69) is 9.82 Å². The Kier molecular flexibility index (Phi) is 3.88. The molecule has 0 aliphatic rings. The van der Waals surface area contributed by atoms with Gasteiger partial charge in [0.1, 0.15) is 0 Å². The molecule has 0 saturated carbocycles. The summed E-state index contributed by atoms with van der Waals surface area (Å²) in [6.45, 7) is 0. The van der Waals surface area contributed by atoms with Crippen molar-refractivity contribution in [2.24, 2.45) is 14.1 Å². The van der Waals surface area contributed by atoms with Crippen LogP contribution in [0.25, 0.3) is 16.7 Å². The maximum Gasteiger partial charge on any atom is 0.328 e. The predicted octanol–water partition coefficient (Wildman–Crippen LogP) is 1.86. The summed E-state index contributed by atoms with van der Waals surface area (Å²) >= 11 is 0. The Labute approximate surface area is 155 Å². The summed E-state index contributed by atoms with van der Waals surface area (Å²) < 4.78 is 32.8. The number of hydrogen-bond acceptors (Lipinski definition) is 4. The van der Waals surface area contributed by atoms with Gasteiger partial charge in [-0.15, -0.1) is 0 Å². The topological polar surface area (TPSA) is 90.9 Å². The summed E-state index contributed by atoms with van der Waals surface area (Å²) in [6, 6.07) is 13.3. The number of hydrogen-bond donors (Lipinski definition) is 1. The third-order valence-corrected chi connectivity index (χ3v) is 5.80. The lowest BCUT2D eigenvalue weighted by molar-refractivity contribution is 0.601. The van der Waals surface area contributed by atoms with Crippen LogP contribution in [0.15, 0.2) is 70.6 Å². The van der Waals surface area contributed by atoms with Gasteiger partial charge in [-0.3, -0.25) is 13.9 Å². The fraction of sp³-hybridized carbons (Fsp3) is 0.111. The number of nitrogens with zero attached hydrogens (tertiary/aromatic N) is 4. The molecule has 9 heteroatoms. The molecule has 0 aliphatic heterocycles. The van der Waals surface area contributed by atoms with Crippen molar-refractivity contribution in [1.82, 2.24) is 18.9 Å². The van der Waals surface area contributed by atoms with E-state index in [1.54, 1.807) is 61.5 Å². The first-order valence-corrected chi connectivity index (χ1v) is 9.63. The van der Waals surface area contributed by atoms with Gasteiger partial charge in [0.25, 0.3) is 10.0 Å². The van der Waals surface area contributed by atoms with Gasteiger partial charge in [-0.1, -0.05) is 6.07 Å². The van der Waals surface area contributed by atoms with Crippen molar-refractivity contribution in [3.8, 4) is 5.69 Å². The number of anilines is 1. The van der Waals surface area contributed by atoms with Gasteiger partial charge in [0, 0.05) is 26.5 Å². The third-order valence-electron chi connectivity index (χ3n) is 4.42. The van der Waals surface area contributed by atoms with Crippen molar-refractivity contribution in [2.45, 2.75) is 4.90 Å². The number of fused-ring (bicyclic) bond motifs is 1. The van der Waals surface area contributed by atoms with Gasteiger partial charge in [0.15, 0.2) is 0 Å². The van der Waals surface area contributed by atoms with Gasteiger partial charge in [0.2, 0.25) is 0 Å². The molecular weight excluding hydrogens is 366 g/mol. The first kappa shape index (κ1) is 17.1. The Morgan fingerprint density at radius 1 is 0.963 bits per heavy atom. The first-order chi connectivity index (χ1) is 12.9. The highest BCUT2D eigenvalue weighted by molar-refractivity contribution is 7.92. The fourth-order valence-corrected chi connectivity index (χ4v) is 4.07. The Morgan fingerprint density at radius 2 is 1.74 bits per heavy atom. The van der Waals surface area contributed by atoms with Crippen LogP contribution in [0.5, 0.6) is 0 Å². The molecule has 0 bridgehead atoms. The van der Waals surface area contributed by atoms with Crippen LogP contribution < -0.4 is 10.4 Å². The van der Waals surface area contributed by atoms with Crippen molar-refractivity contribution in [2.75, 3.05) is 4.72 Å². The zero-order valence-electron chi connectivity index (χ0n) is 14.7. The Balaban J connectivity index is 1.72. The van der Waals surface area contributed by atoms with Crippen LogP contribution >= 0.6 is 0 Å². The monoisotopic (exact) mass is 383 g/mol. The number of aryl methyl sites for hydroxylation is 2. The van der Waals surface area contributed by atoms with Crippen molar-refractivity contribution in [3.05, 3.63) is 71.4 Å². The second-order valence-electron chi connectivity index (χ2n) is 6.16. The lowest BCUT2D eigenvalue weighted by Gasteiger charge is -2.10. The van der Waals surface area contributed by atoms with Gasteiger partial charge < -0.3 is 0 Å². The molecular formula is C18H17N5O3S. The maximum absolute atomic E-state index is 12.8. The highest BCUT2D eigenvalue weighted by Gasteiger charge is 2.17. The molecule has 8 nitrogen and oxygen atoms in total. The van der Waals surface area contributed by atoms with Gasteiger partial charge in [0.05, 0.1) is 27.3 Å². The highest BCUT2D eigenvalue weighted by atomic mass is 32.2. The smallest absolute Gasteiger partial charge is 0.295 e. The van der Waals surface area contributed by atoms with Crippen molar-refractivity contribution >= 4 is 26.7 Å². The number of rotatable bonds is 4. The van der Waals surface area contributed by atoms with Gasteiger partial charge in [-0.05, 0) is 42.5 Å². The lowest BCUT2D eigenvalue weighted by Crippen LogP contribution is -2.19. The number of aromatic nitrogens is 4. The minimum atomic E-state index is -3.82. The second kappa shape index (κ2) is 6.13. The van der Waals surface area contributed by atoms with E-state index >= 15 is 0 Å². The normalized spacial score (nSPS) is 11.8. The van der Waals surface area contributed by atoms with Gasteiger partial charge in [-0.25, -0.2) is 17.9 Å².